The van der Waals surface area contributed by atoms with Crippen molar-refractivity contribution in [2.75, 3.05) is 0 Å². The van der Waals surface area contributed by atoms with Gasteiger partial charge in [-0.3, -0.25) is 0 Å². The van der Waals surface area contributed by atoms with Crippen LogP contribution in [-0.4, -0.2) is 6.10 Å². The molecule has 160 valence electrons. The van der Waals surface area contributed by atoms with Crippen molar-refractivity contribution in [2.24, 2.45) is 28.4 Å². The summed E-state index contributed by atoms with van der Waals surface area (Å²) in [5, 5.41) is 30.5. The Morgan fingerprint density at radius 2 is 1.77 bits per heavy atom. The maximum Gasteiger partial charge on any atom is 0.191 e. The zero-order chi connectivity index (χ0) is 23.0. The lowest BCUT2D eigenvalue weighted by atomic mass is 9.54. The molecule has 0 radical (unpaired) electrons. The summed E-state index contributed by atoms with van der Waals surface area (Å²) in [7, 11) is 0. The minimum absolute atomic E-state index is 0.0565. The summed E-state index contributed by atoms with van der Waals surface area (Å²) in [4.78, 5) is 0. The van der Waals surface area contributed by atoms with E-state index in [1.54, 1.807) is 0 Å². The molecule has 0 bridgehead atoms. The van der Waals surface area contributed by atoms with Crippen molar-refractivity contribution < 1.29 is 4.74 Å². The van der Waals surface area contributed by atoms with Crippen LogP contribution in [0.1, 0.15) is 58.9 Å². The molecule has 0 saturated heterocycles. The van der Waals surface area contributed by atoms with E-state index in [4.69, 9.17) is 10.5 Å². The average molecular weight is 415 g/mol. The van der Waals surface area contributed by atoms with Crippen LogP contribution in [0.4, 0.5) is 0 Å². The lowest BCUT2D eigenvalue weighted by molar-refractivity contribution is 0.167. The largest absolute Gasteiger partial charge is 0.491 e. The van der Waals surface area contributed by atoms with Gasteiger partial charge in [-0.25, -0.2) is 0 Å². The number of hydrogen-bond donors (Lipinski definition) is 1. The highest BCUT2D eigenvalue weighted by molar-refractivity contribution is 5.60. The lowest BCUT2D eigenvalue weighted by Gasteiger charge is -2.47. The molecule has 2 aliphatic rings. The molecule has 3 atom stereocenters. The monoisotopic (exact) mass is 414 g/mol. The second kappa shape index (κ2) is 8.13. The molecule has 5 heteroatoms. The first-order valence-electron chi connectivity index (χ1n) is 10.8. The van der Waals surface area contributed by atoms with Crippen LogP contribution in [0.15, 0.2) is 47.2 Å². The highest BCUT2D eigenvalue weighted by Gasteiger charge is 2.55. The fourth-order valence-corrected chi connectivity index (χ4v) is 5.04. The Bertz CT molecular complexity index is 1040. The first kappa shape index (κ1) is 22.5. The van der Waals surface area contributed by atoms with Gasteiger partial charge in [-0.1, -0.05) is 45.0 Å². The molecule has 31 heavy (non-hydrogen) atoms. The standard InChI is InChI=1S/C26H30N4O/c1-16(2)31-22-9-7-6-8-19(22)23-20-12-17(25(3,4)5)10-11-18(20)21(13-27)24(30)26(23,14-28)15-29/h6-9,11,16-17,20,23H,10,12,30H2,1-5H3/t17-,20+,23-/m0/s1. The summed E-state index contributed by atoms with van der Waals surface area (Å²) >= 11 is 0. The van der Waals surface area contributed by atoms with Crippen LogP contribution in [0.25, 0.3) is 0 Å². The zero-order valence-corrected chi connectivity index (χ0v) is 18.9. The third-order valence-corrected chi connectivity index (χ3v) is 6.72. The number of benzene rings is 1. The predicted octanol–water partition coefficient (Wildman–Crippen LogP) is 5.34. The maximum atomic E-state index is 10.3. The van der Waals surface area contributed by atoms with Crippen LogP contribution in [0.2, 0.25) is 0 Å². The molecule has 0 spiro atoms. The van der Waals surface area contributed by atoms with E-state index in [2.05, 4.69) is 45.1 Å². The summed E-state index contributed by atoms with van der Waals surface area (Å²) in [5.74, 6) is 0.321. The number of allylic oxidation sites excluding steroid dienone is 4. The summed E-state index contributed by atoms with van der Waals surface area (Å²) in [5.41, 5.74) is 6.86. The smallest absolute Gasteiger partial charge is 0.191 e. The molecule has 0 fully saturated rings. The van der Waals surface area contributed by atoms with Crippen molar-refractivity contribution in [1.29, 1.82) is 15.8 Å². The molecule has 1 aromatic carbocycles. The quantitative estimate of drug-likeness (QED) is 0.718. The van der Waals surface area contributed by atoms with E-state index in [0.29, 0.717) is 17.2 Å². The van der Waals surface area contributed by atoms with E-state index in [9.17, 15) is 15.8 Å². The molecular formula is C26H30N4O. The fraction of sp³-hybridized carbons (Fsp3) is 0.500. The number of fused-ring (bicyclic) bond motifs is 1. The number of rotatable bonds is 3. The van der Waals surface area contributed by atoms with Crippen LogP contribution >= 0.6 is 0 Å². The number of hydrogen-bond acceptors (Lipinski definition) is 5. The second-order valence-corrected chi connectivity index (χ2v) is 9.91. The van der Waals surface area contributed by atoms with Crippen LogP contribution in [-0.2, 0) is 0 Å². The Labute approximate surface area is 185 Å². The Morgan fingerprint density at radius 3 is 2.32 bits per heavy atom. The van der Waals surface area contributed by atoms with Gasteiger partial charge in [0.15, 0.2) is 5.41 Å². The molecule has 3 rings (SSSR count). The number of nitrogens with two attached hydrogens (primary N) is 1. The van der Waals surface area contributed by atoms with E-state index in [1.807, 2.05) is 38.1 Å². The topological polar surface area (TPSA) is 107 Å². The van der Waals surface area contributed by atoms with Crippen molar-refractivity contribution in [1.82, 2.24) is 0 Å². The number of para-hydroxylation sites is 1. The molecule has 0 aliphatic heterocycles. The summed E-state index contributed by atoms with van der Waals surface area (Å²) in [6, 6.07) is 14.2. The van der Waals surface area contributed by atoms with E-state index in [1.165, 1.54) is 0 Å². The van der Waals surface area contributed by atoms with Gasteiger partial charge in [0.2, 0.25) is 0 Å². The molecule has 5 nitrogen and oxygen atoms in total. The van der Waals surface area contributed by atoms with E-state index >= 15 is 0 Å². The van der Waals surface area contributed by atoms with Gasteiger partial charge in [0.25, 0.3) is 0 Å². The lowest BCUT2D eigenvalue weighted by Crippen LogP contribution is -2.44. The van der Waals surface area contributed by atoms with Crippen LogP contribution in [0.3, 0.4) is 0 Å². The van der Waals surface area contributed by atoms with Crippen molar-refractivity contribution in [3.05, 3.63) is 52.7 Å². The molecule has 0 amide bonds. The fourth-order valence-electron chi connectivity index (χ4n) is 5.04. The number of ether oxygens (including phenoxy) is 1. The summed E-state index contributed by atoms with van der Waals surface area (Å²) in [6.07, 6.45) is 3.67. The van der Waals surface area contributed by atoms with Gasteiger partial charge in [0.05, 0.1) is 29.5 Å². The van der Waals surface area contributed by atoms with Crippen LogP contribution in [0.5, 0.6) is 5.75 Å². The second-order valence-electron chi connectivity index (χ2n) is 9.91. The Balaban J connectivity index is 2.32. The van der Waals surface area contributed by atoms with Crippen LogP contribution < -0.4 is 10.5 Å². The average Bonchev–Trinajstić information content (AvgIpc) is 2.72. The first-order chi connectivity index (χ1) is 14.6. The molecule has 2 aliphatic carbocycles. The van der Waals surface area contributed by atoms with E-state index < -0.39 is 11.3 Å². The van der Waals surface area contributed by atoms with Crippen molar-refractivity contribution in [2.45, 2.75) is 59.5 Å². The third kappa shape index (κ3) is 3.68. The Hall–Kier alpha value is -3.23. The Kier molecular flexibility index (Phi) is 5.89. The highest BCUT2D eigenvalue weighted by atomic mass is 16.5. The highest BCUT2D eigenvalue weighted by Crippen LogP contribution is 2.59. The molecule has 2 N–H and O–H groups in total. The Morgan fingerprint density at radius 1 is 1.13 bits per heavy atom. The first-order valence-corrected chi connectivity index (χ1v) is 10.8. The predicted molar refractivity (Wildman–Crippen MR) is 119 cm³/mol. The number of nitriles is 3. The van der Waals surface area contributed by atoms with Gasteiger partial charge in [0, 0.05) is 11.5 Å². The van der Waals surface area contributed by atoms with Crippen molar-refractivity contribution in [3.8, 4) is 24.0 Å². The summed E-state index contributed by atoms with van der Waals surface area (Å²) in [6.45, 7) is 10.5. The van der Waals surface area contributed by atoms with Gasteiger partial charge in [-0.05, 0) is 55.6 Å². The van der Waals surface area contributed by atoms with Crippen LogP contribution in [0, 0.1) is 56.7 Å². The van der Waals surface area contributed by atoms with Gasteiger partial charge in [-0.2, -0.15) is 15.8 Å². The SMILES string of the molecule is CC(C)Oc1ccccc1[C@H]1[C@@H]2C[C@@H](C(C)(C)C)CC=C2C(C#N)=C(N)C1(C#N)C#N. The van der Waals surface area contributed by atoms with Gasteiger partial charge in [0.1, 0.15) is 11.8 Å². The normalized spacial score (nSPS) is 25.0. The van der Waals surface area contributed by atoms with Gasteiger partial charge < -0.3 is 10.5 Å². The molecule has 0 aromatic heterocycles. The molecule has 0 heterocycles. The number of nitrogens with zero attached hydrogens (tertiary/aromatic N) is 3. The van der Waals surface area contributed by atoms with E-state index in [-0.39, 0.29) is 23.1 Å². The molecule has 1 aromatic rings. The molecule has 0 saturated carbocycles. The minimum atomic E-state index is -1.64. The van der Waals surface area contributed by atoms with Gasteiger partial charge in [-0.15, -0.1) is 0 Å². The molecule has 0 unspecified atom stereocenters. The third-order valence-electron chi connectivity index (χ3n) is 6.72. The molecular weight excluding hydrogens is 384 g/mol. The maximum absolute atomic E-state index is 10.3. The minimum Gasteiger partial charge on any atom is -0.491 e. The van der Waals surface area contributed by atoms with E-state index in [0.717, 1.165) is 24.0 Å². The zero-order valence-electron chi connectivity index (χ0n) is 18.9. The van der Waals surface area contributed by atoms with Gasteiger partial charge >= 0.3 is 0 Å². The van der Waals surface area contributed by atoms with Crippen molar-refractivity contribution in [3.63, 3.8) is 0 Å². The van der Waals surface area contributed by atoms with Crippen molar-refractivity contribution >= 4 is 0 Å². The summed E-state index contributed by atoms with van der Waals surface area (Å²) < 4.78 is 6.08.